The number of rotatable bonds is 4. The maximum Gasteiger partial charge on any atom is 0.418 e. The minimum absolute atomic E-state index is 0.105. The Morgan fingerprint density at radius 3 is 2.49 bits per heavy atom. The van der Waals surface area contributed by atoms with E-state index < -0.39 is 17.3 Å². The number of hydrogen-bond donors (Lipinski definition) is 1. The topological polar surface area (TPSA) is 85.2 Å². The lowest BCUT2D eigenvalue weighted by atomic mass is 10.0. The van der Waals surface area contributed by atoms with Gasteiger partial charge in [-0.15, -0.1) is 10.2 Å². The van der Waals surface area contributed by atoms with Gasteiger partial charge in [-0.05, 0) is 42.5 Å². The van der Waals surface area contributed by atoms with Crippen molar-refractivity contribution in [1.29, 1.82) is 0 Å². The van der Waals surface area contributed by atoms with E-state index in [1.807, 2.05) is 12.1 Å². The Labute approximate surface area is 220 Å². The van der Waals surface area contributed by atoms with Gasteiger partial charge in [-0.1, -0.05) is 6.07 Å². The van der Waals surface area contributed by atoms with Gasteiger partial charge in [-0.2, -0.15) is 13.2 Å². The highest BCUT2D eigenvalue weighted by Crippen LogP contribution is 2.39. The second-order valence-electron chi connectivity index (χ2n) is 9.20. The molecule has 5 aromatic rings. The lowest BCUT2D eigenvalue weighted by Crippen LogP contribution is -2.44. The molecule has 6 rings (SSSR count). The molecule has 0 atom stereocenters. The van der Waals surface area contributed by atoms with Gasteiger partial charge in [0.1, 0.15) is 0 Å². The molecule has 8 nitrogen and oxygen atoms in total. The zero-order chi connectivity index (χ0) is 27.1. The van der Waals surface area contributed by atoms with Crippen LogP contribution in [-0.4, -0.2) is 53.0 Å². The van der Waals surface area contributed by atoms with Crippen molar-refractivity contribution in [2.24, 2.45) is 0 Å². The quantitative estimate of drug-likeness (QED) is 0.343. The van der Waals surface area contributed by atoms with Gasteiger partial charge < -0.3 is 15.0 Å². The van der Waals surface area contributed by atoms with E-state index in [1.54, 1.807) is 41.4 Å². The first-order chi connectivity index (χ1) is 18.8. The molecular weight excluding hydrogens is 509 g/mol. The molecule has 0 unspecified atom stereocenters. The molecular formula is C28H23F3N6O2. The van der Waals surface area contributed by atoms with E-state index in [9.17, 15) is 18.0 Å². The van der Waals surface area contributed by atoms with E-state index in [-0.39, 0.29) is 11.4 Å². The van der Waals surface area contributed by atoms with Gasteiger partial charge in [0, 0.05) is 66.5 Å². The molecule has 198 valence electrons. The van der Waals surface area contributed by atoms with Gasteiger partial charge in [0.15, 0.2) is 0 Å². The fourth-order valence-electron chi connectivity index (χ4n) is 4.98. The third-order valence-electron chi connectivity index (χ3n) is 6.86. The predicted octanol–water partition coefficient (Wildman–Crippen LogP) is 4.43. The van der Waals surface area contributed by atoms with Gasteiger partial charge in [0.25, 0.3) is 5.56 Å². The zero-order valence-electron chi connectivity index (χ0n) is 20.9. The van der Waals surface area contributed by atoms with Crippen molar-refractivity contribution in [2.75, 3.05) is 38.2 Å². The predicted molar refractivity (Wildman–Crippen MR) is 143 cm³/mol. The molecule has 11 heteroatoms. The summed E-state index contributed by atoms with van der Waals surface area (Å²) in [5, 5.41) is 12.6. The van der Waals surface area contributed by atoms with Crippen molar-refractivity contribution in [2.45, 2.75) is 6.18 Å². The molecule has 0 bridgehead atoms. The summed E-state index contributed by atoms with van der Waals surface area (Å²) in [6.45, 7) is 2.12. The van der Waals surface area contributed by atoms with Crippen LogP contribution in [-0.2, 0) is 6.18 Å². The molecule has 4 heterocycles. The molecule has 0 saturated carbocycles. The maximum absolute atomic E-state index is 14.3. The number of aromatic nitrogens is 4. The van der Waals surface area contributed by atoms with E-state index in [0.717, 1.165) is 6.07 Å². The number of hydrogen-bond acceptors (Lipinski definition) is 7. The van der Waals surface area contributed by atoms with Crippen LogP contribution in [0.15, 0.2) is 71.7 Å². The molecule has 1 aliphatic heterocycles. The summed E-state index contributed by atoms with van der Waals surface area (Å²) < 4.78 is 49.3. The molecule has 0 amide bonds. The Morgan fingerprint density at radius 1 is 0.949 bits per heavy atom. The molecule has 39 heavy (non-hydrogen) atoms. The molecule has 3 aromatic heterocycles. The second-order valence-corrected chi connectivity index (χ2v) is 9.20. The van der Waals surface area contributed by atoms with Crippen LogP contribution in [0.1, 0.15) is 5.56 Å². The van der Waals surface area contributed by atoms with Crippen molar-refractivity contribution >= 4 is 27.5 Å². The number of anilines is 1. The zero-order valence-corrected chi connectivity index (χ0v) is 20.9. The standard InChI is InChI=1S/C28H23F3N6O2/c1-39-25-8-6-22(34-35-25)17-2-5-23-20(14-17)27-18(16-33-23)3-9-26(38)37(27)19-4-7-24(21(15-19)28(29,30)31)36-12-10-32-11-13-36/h2-9,14-16,32H,10-13H2,1H3. The number of ether oxygens (including phenoxy) is 1. The summed E-state index contributed by atoms with van der Waals surface area (Å²) in [5.41, 5.74) is 1.32. The molecule has 1 aliphatic rings. The largest absolute Gasteiger partial charge is 0.480 e. The Hall–Kier alpha value is -4.51. The van der Waals surface area contributed by atoms with Crippen LogP contribution >= 0.6 is 0 Å². The van der Waals surface area contributed by atoms with E-state index in [0.29, 0.717) is 65.1 Å². The molecule has 0 spiro atoms. The Kier molecular flexibility index (Phi) is 6.15. The highest BCUT2D eigenvalue weighted by atomic mass is 19.4. The van der Waals surface area contributed by atoms with Crippen molar-refractivity contribution < 1.29 is 17.9 Å². The molecule has 0 radical (unpaired) electrons. The average Bonchev–Trinajstić information content (AvgIpc) is 2.96. The Balaban J connectivity index is 1.58. The second kappa shape index (κ2) is 9.66. The first kappa shape index (κ1) is 24.8. The van der Waals surface area contributed by atoms with Gasteiger partial charge in [-0.3, -0.25) is 14.3 Å². The van der Waals surface area contributed by atoms with Crippen LogP contribution in [0.2, 0.25) is 0 Å². The van der Waals surface area contributed by atoms with Gasteiger partial charge in [0.05, 0.1) is 35.1 Å². The number of nitrogens with one attached hydrogen (secondary N) is 1. The molecule has 1 saturated heterocycles. The molecule has 2 aromatic carbocycles. The summed E-state index contributed by atoms with van der Waals surface area (Å²) in [7, 11) is 1.50. The number of halogens is 3. The van der Waals surface area contributed by atoms with E-state index in [2.05, 4.69) is 20.5 Å². The van der Waals surface area contributed by atoms with Gasteiger partial charge in [-0.25, -0.2) is 0 Å². The minimum atomic E-state index is -4.60. The Morgan fingerprint density at radius 2 is 1.77 bits per heavy atom. The number of pyridine rings is 2. The molecule has 0 aliphatic carbocycles. The van der Waals surface area contributed by atoms with Crippen LogP contribution in [0.25, 0.3) is 38.8 Å². The van der Waals surface area contributed by atoms with Gasteiger partial charge >= 0.3 is 6.18 Å². The number of nitrogens with zero attached hydrogens (tertiary/aromatic N) is 5. The smallest absolute Gasteiger partial charge is 0.418 e. The van der Waals surface area contributed by atoms with Crippen LogP contribution in [0, 0.1) is 0 Å². The van der Waals surface area contributed by atoms with Crippen LogP contribution < -0.4 is 20.5 Å². The van der Waals surface area contributed by atoms with Crippen molar-refractivity contribution in [3.05, 3.63) is 82.8 Å². The van der Waals surface area contributed by atoms with E-state index in [1.165, 1.54) is 23.8 Å². The van der Waals surface area contributed by atoms with Crippen molar-refractivity contribution in [3.8, 4) is 22.8 Å². The number of piperazine rings is 1. The number of alkyl halides is 3. The summed E-state index contributed by atoms with van der Waals surface area (Å²) in [4.78, 5) is 19.5. The van der Waals surface area contributed by atoms with Crippen molar-refractivity contribution in [3.63, 3.8) is 0 Å². The average molecular weight is 533 g/mol. The van der Waals surface area contributed by atoms with Crippen LogP contribution in [0.4, 0.5) is 18.9 Å². The summed E-state index contributed by atoms with van der Waals surface area (Å²) in [5.74, 6) is 0.366. The lowest BCUT2D eigenvalue weighted by molar-refractivity contribution is -0.137. The highest BCUT2D eigenvalue weighted by molar-refractivity contribution is 6.05. The Bertz CT molecular complexity index is 1750. The summed E-state index contributed by atoms with van der Waals surface area (Å²) in [6, 6.07) is 15.9. The monoisotopic (exact) mass is 532 g/mol. The first-order valence-corrected chi connectivity index (χ1v) is 12.3. The molecule has 1 N–H and O–H groups in total. The fourth-order valence-corrected chi connectivity index (χ4v) is 4.98. The molecule has 1 fully saturated rings. The lowest BCUT2D eigenvalue weighted by Gasteiger charge is -2.32. The first-order valence-electron chi connectivity index (χ1n) is 12.3. The minimum Gasteiger partial charge on any atom is -0.480 e. The van der Waals surface area contributed by atoms with Crippen molar-refractivity contribution in [1.82, 2.24) is 25.1 Å². The normalized spacial score (nSPS) is 14.2. The SMILES string of the molecule is COc1ccc(-c2ccc3ncc4ccc(=O)n(-c5ccc(N6CCNCC6)c(C(F)(F)F)c5)c4c3c2)nn1. The third kappa shape index (κ3) is 4.54. The highest BCUT2D eigenvalue weighted by Gasteiger charge is 2.36. The van der Waals surface area contributed by atoms with E-state index in [4.69, 9.17) is 4.74 Å². The summed E-state index contributed by atoms with van der Waals surface area (Å²) in [6.07, 6.45) is -2.99. The number of benzene rings is 2. The maximum atomic E-state index is 14.3. The summed E-state index contributed by atoms with van der Waals surface area (Å²) >= 11 is 0. The van der Waals surface area contributed by atoms with E-state index >= 15 is 0 Å². The van der Waals surface area contributed by atoms with Crippen LogP contribution in [0.5, 0.6) is 5.88 Å². The number of methoxy groups -OCH3 is 1. The number of fused-ring (bicyclic) bond motifs is 3. The van der Waals surface area contributed by atoms with Gasteiger partial charge in [0.2, 0.25) is 5.88 Å². The van der Waals surface area contributed by atoms with Crippen LogP contribution in [0.3, 0.4) is 0 Å². The third-order valence-corrected chi connectivity index (χ3v) is 6.86. The fraction of sp³-hybridized carbons (Fsp3) is 0.214.